The number of amides is 1. The molecule has 2 rings (SSSR count). The van der Waals surface area contributed by atoms with E-state index in [9.17, 15) is 4.79 Å². The van der Waals surface area contributed by atoms with E-state index in [0.29, 0.717) is 16.9 Å². The topological polar surface area (TPSA) is 51.2 Å². The number of hydrogen-bond donors (Lipinski definition) is 1. The van der Waals surface area contributed by atoms with Crippen molar-refractivity contribution in [1.29, 1.82) is 0 Å². The highest BCUT2D eigenvalue weighted by atomic mass is 35.5. The van der Waals surface area contributed by atoms with E-state index in [0.717, 1.165) is 12.8 Å². The van der Waals surface area contributed by atoms with Crippen LogP contribution in [0.3, 0.4) is 0 Å². The number of nitrogens with one attached hydrogen (secondary N) is 1. The van der Waals surface area contributed by atoms with Gasteiger partial charge in [0.2, 0.25) is 0 Å². The Morgan fingerprint density at radius 2 is 2.17 bits per heavy atom. The predicted molar refractivity (Wildman–Crippen MR) is 69.8 cm³/mol. The van der Waals surface area contributed by atoms with Crippen molar-refractivity contribution in [3.05, 3.63) is 23.5 Å². The summed E-state index contributed by atoms with van der Waals surface area (Å²) in [5, 5.41) is 3.40. The van der Waals surface area contributed by atoms with Crippen LogP contribution in [0.4, 0.5) is 0 Å². The van der Waals surface area contributed by atoms with Crippen LogP contribution in [-0.2, 0) is 4.79 Å². The normalized spacial score (nSPS) is 16.3. The van der Waals surface area contributed by atoms with Crippen molar-refractivity contribution in [1.82, 2.24) is 10.3 Å². The third-order valence-corrected chi connectivity index (χ3v) is 3.26. The zero-order chi connectivity index (χ0) is 12.8. The molecule has 1 aromatic rings. The maximum atomic E-state index is 11.7. The van der Waals surface area contributed by atoms with Gasteiger partial charge in [0.15, 0.2) is 6.61 Å². The molecule has 0 unspecified atom stereocenters. The molecular formula is C13H17ClN2O2. The molecule has 1 amide bonds. The minimum Gasteiger partial charge on any atom is -0.482 e. The van der Waals surface area contributed by atoms with Crippen LogP contribution in [0.1, 0.15) is 32.1 Å². The summed E-state index contributed by atoms with van der Waals surface area (Å²) >= 11 is 5.66. The molecule has 1 heterocycles. The van der Waals surface area contributed by atoms with Gasteiger partial charge in [-0.15, -0.1) is 0 Å². The van der Waals surface area contributed by atoms with Gasteiger partial charge in [0.1, 0.15) is 10.9 Å². The van der Waals surface area contributed by atoms with Crippen molar-refractivity contribution >= 4 is 17.5 Å². The van der Waals surface area contributed by atoms with Crippen LogP contribution >= 0.6 is 11.6 Å². The zero-order valence-electron chi connectivity index (χ0n) is 10.2. The Morgan fingerprint density at radius 3 is 2.83 bits per heavy atom. The molecule has 4 nitrogen and oxygen atoms in total. The lowest BCUT2D eigenvalue weighted by atomic mass is 9.95. The second-order valence-electron chi connectivity index (χ2n) is 4.51. The molecule has 1 fully saturated rings. The molecule has 0 spiro atoms. The first kappa shape index (κ1) is 13.1. The van der Waals surface area contributed by atoms with Crippen molar-refractivity contribution in [3.63, 3.8) is 0 Å². The highest BCUT2D eigenvalue weighted by molar-refractivity contribution is 6.29. The highest BCUT2D eigenvalue weighted by Gasteiger charge is 2.15. The Hall–Kier alpha value is -1.29. The SMILES string of the molecule is O=C(COc1ccc(Cl)nc1)NC1CCCCC1. The van der Waals surface area contributed by atoms with E-state index >= 15 is 0 Å². The van der Waals surface area contributed by atoms with E-state index in [2.05, 4.69) is 10.3 Å². The van der Waals surface area contributed by atoms with Crippen LogP contribution in [0.15, 0.2) is 18.3 Å². The van der Waals surface area contributed by atoms with Crippen molar-refractivity contribution in [2.75, 3.05) is 6.61 Å². The summed E-state index contributed by atoms with van der Waals surface area (Å²) in [6.07, 6.45) is 7.35. The summed E-state index contributed by atoms with van der Waals surface area (Å²) in [4.78, 5) is 15.6. The van der Waals surface area contributed by atoms with Gasteiger partial charge in [-0.2, -0.15) is 0 Å². The van der Waals surface area contributed by atoms with Gasteiger partial charge in [-0.05, 0) is 25.0 Å². The third kappa shape index (κ3) is 4.18. The molecule has 1 N–H and O–H groups in total. The molecule has 0 saturated heterocycles. The lowest BCUT2D eigenvalue weighted by molar-refractivity contribution is -0.124. The average Bonchev–Trinajstić information content (AvgIpc) is 2.39. The van der Waals surface area contributed by atoms with E-state index < -0.39 is 0 Å². The number of hydrogen-bond acceptors (Lipinski definition) is 3. The maximum Gasteiger partial charge on any atom is 0.258 e. The van der Waals surface area contributed by atoms with E-state index in [1.54, 1.807) is 12.1 Å². The van der Waals surface area contributed by atoms with Crippen LogP contribution in [0, 0.1) is 0 Å². The lowest BCUT2D eigenvalue weighted by Crippen LogP contribution is -2.38. The fourth-order valence-electron chi connectivity index (χ4n) is 2.11. The summed E-state index contributed by atoms with van der Waals surface area (Å²) in [7, 11) is 0. The molecule has 0 radical (unpaired) electrons. The molecule has 1 aliphatic rings. The summed E-state index contributed by atoms with van der Waals surface area (Å²) < 4.78 is 5.33. The van der Waals surface area contributed by atoms with Crippen LogP contribution in [-0.4, -0.2) is 23.5 Å². The second-order valence-corrected chi connectivity index (χ2v) is 4.89. The van der Waals surface area contributed by atoms with Gasteiger partial charge in [0.05, 0.1) is 6.20 Å². The monoisotopic (exact) mass is 268 g/mol. The summed E-state index contributed by atoms with van der Waals surface area (Å²) in [6, 6.07) is 3.65. The maximum absolute atomic E-state index is 11.7. The predicted octanol–water partition coefficient (Wildman–Crippen LogP) is 2.56. The first-order chi connectivity index (χ1) is 8.74. The quantitative estimate of drug-likeness (QED) is 0.854. The fraction of sp³-hybridized carbons (Fsp3) is 0.538. The van der Waals surface area contributed by atoms with Gasteiger partial charge in [0, 0.05) is 6.04 Å². The van der Waals surface area contributed by atoms with E-state index in [-0.39, 0.29) is 12.5 Å². The molecule has 18 heavy (non-hydrogen) atoms. The summed E-state index contributed by atoms with van der Waals surface area (Å²) in [5.74, 6) is 0.482. The first-order valence-corrected chi connectivity index (χ1v) is 6.65. The van der Waals surface area contributed by atoms with Crippen molar-refractivity contribution in [2.45, 2.75) is 38.1 Å². The van der Waals surface area contributed by atoms with E-state index in [1.165, 1.54) is 25.5 Å². The summed E-state index contributed by atoms with van der Waals surface area (Å²) in [6.45, 7) is 0.0276. The number of ether oxygens (including phenoxy) is 1. The Morgan fingerprint density at radius 1 is 1.39 bits per heavy atom. The molecule has 98 valence electrons. The number of carbonyl (C=O) groups is 1. The molecule has 0 aliphatic heterocycles. The Bertz CT molecular complexity index is 388. The standard InChI is InChI=1S/C13H17ClN2O2/c14-12-7-6-11(8-15-12)18-9-13(17)16-10-4-2-1-3-5-10/h6-8,10H,1-5,9H2,(H,16,17). The van der Waals surface area contributed by atoms with E-state index in [4.69, 9.17) is 16.3 Å². The molecule has 1 aromatic heterocycles. The molecule has 0 bridgehead atoms. The number of aromatic nitrogens is 1. The molecule has 1 saturated carbocycles. The second kappa shape index (κ2) is 6.59. The molecule has 0 aromatic carbocycles. The van der Waals surface area contributed by atoms with Crippen molar-refractivity contribution < 1.29 is 9.53 Å². The smallest absolute Gasteiger partial charge is 0.258 e. The number of rotatable bonds is 4. The van der Waals surface area contributed by atoms with Gasteiger partial charge in [0.25, 0.3) is 5.91 Å². The number of halogens is 1. The Balaban J connectivity index is 1.72. The van der Waals surface area contributed by atoms with Crippen LogP contribution < -0.4 is 10.1 Å². The first-order valence-electron chi connectivity index (χ1n) is 6.28. The Kier molecular flexibility index (Phi) is 4.81. The fourth-order valence-corrected chi connectivity index (χ4v) is 2.22. The minimum atomic E-state index is -0.0724. The van der Waals surface area contributed by atoms with Crippen LogP contribution in [0.2, 0.25) is 5.15 Å². The van der Waals surface area contributed by atoms with Crippen molar-refractivity contribution in [2.24, 2.45) is 0 Å². The molecule has 5 heteroatoms. The number of pyridine rings is 1. The van der Waals surface area contributed by atoms with Crippen LogP contribution in [0.25, 0.3) is 0 Å². The van der Waals surface area contributed by atoms with Gasteiger partial charge in [-0.3, -0.25) is 4.79 Å². The molecule has 1 aliphatic carbocycles. The zero-order valence-corrected chi connectivity index (χ0v) is 10.9. The average molecular weight is 269 g/mol. The largest absolute Gasteiger partial charge is 0.482 e. The lowest BCUT2D eigenvalue weighted by Gasteiger charge is -2.22. The summed E-state index contributed by atoms with van der Waals surface area (Å²) in [5.41, 5.74) is 0. The van der Waals surface area contributed by atoms with Gasteiger partial charge >= 0.3 is 0 Å². The molecule has 0 atom stereocenters. The highest BCUT2D eigenvalue weighted by Crippen LogP contribution is 2.17. The van der Waals surface area contributed by atoms with Crippen LogP contribution in [0.5, 0.6) is 5.75 Å². The van der Waals surface area contributed by atoms with E-state index in [1.807, 2.05) is 0 Å². The third-order valence-electron chi connectivity index (χ3n) is 3.04. The van der Waals surface area contributed by atoms with Gasteiger partial charge in [-0.1, -0.05) is 30.9 Å². The number of nitrogens with zero attached hydrogens (tertiary/aromatic N) is 1. The molecular weight excluding hydrogens is 252 g/mol. The number of carbonyl (C=O) groups excluding carboxylic acids is 1. The van der Waals surface area contributed by atoms with Crippen molar-refractivity contribution in [3.8, 4) is 5.75 Å². The Labute approximate surface area is 112 Å². The van der Waals surface area contributed by atoms with Gasteiger partial charge in [-0.25, -0.2) is 4.98 Å². The van der Waals surface area contributed by atoms with Gasteiger partial charge < -0.3 is 10.1 Å². The minimum absolute atomic E-state index is 0.0276.